The van der Waals surface area contributed by atoms with Crippen molar-refractivity contribution in [3.05, 3.63) is 23.5 Å². The van der Waals surface area contributed by atoms with Crippen LogP contribution in [0.1, 0.15) is 71.1 Å². The Morgan fingerprint density at radius 2 is 1.82 bits per heavy atom. The Morgan fingerprint density at radius 3 is 2.32 bits per heavy atom. The maximum Gasteiger partial charge on any atom is 0.191 e. The smallest absolute Gasteiger partial charge is 0.191 e. The lowest BCUT2D eigenvalue weighted by Gasteiger charge is -2.36. The van der Waals surface area contributed by atoms with Crippen molar-refractivity contribution in [2.45, 2.75) is 77.9 Å². The first-order valence-corrected chi connectivity index (χ1v) is 11.3. The molecule has 0 aliphatic carbocycles. The molecule has 1 unspecified atom stereocenters. The number of nitrogen functional groups attached to an aromatic ring is 1. The number of nitrogens with zero attached hydrogens (tertiary/aromatic N) is 1. The average molecular weight is 323 g/mol. The van der Waals surface area contributed by atoms with E-state index in [0.29, 0.717) is 11.8 Å². The fourth-order valence-corrected chi connectivity index (χ4v) is 3.32. The first-order valence-electron chi connectivity index (χ1n) is 8.35. The molecule has 126 valence electrons. The molecule has 0 aromatic carbocycles. The van der Waals surface area contributed by atoms with Crippen molar-refractivity contribution in [3.63, 3.8) is 0 Å². The normalized spacial score (nSPS) is 14.4. The number of rotatable bonds is 6. The summed E-state index contributed by atoms with van der Waals surface area (Å²) in [6, 6.07) is 2.05. The van der Waals surface area contributed by atoms with Crippen LogP contribution in [-0.4, -0.2) is 19.9 Å². The molecule has 0 fully saturated rings. The average Bonchev–Trinajstić information content (AvgIpc) is 2.36. The van der Waals surface area contributed by atoms with Gasteiger partial charge in [0.15, 0.2) is 8.32 Å². The van der Waals surface area contributed by atoms with E-state index in [2.05, 4.69) is 65.7 Å². The number of pyridine rings is 1. The molecule has 1 aromatic rings. The zero-order valence-electron chi connectivity index (χ0n) is 15.7. The van der Waals surface area contributed by atoms with E-state index in [9.17, 15) is 0 Å². The van der Waals surface area contributed by atoms with Crippen LogP contribution >= 0.6 is 0 Å². The third kappa shape index (κ3) is 4.56. The molecule has 0 spiro atoms. The molecule has 0 bridgehead atoms. The van der Waals surface area contributed by atoms with Crippen molar-refractivity contribution >= 4 is 14.0 Å². The minimum Gasteiger partial charge on any atom is -0.417 e. The molecular weight excluding hydrogens is 288 g/mol. The van der Waals surface area contributed by atoms with E-state index in [-0.39, 0.29) is 5.04 Å². The summed E-state index contributed by atoms with van der Waals surface area (Å²) >= 11 is 0. The van der Waals surface area contributed by atoms with Gasteiger partial charge in [0.05, 0.1) is 11.4 Å². The van der Waals surface area contributed by atoms with Gasteiger partial charge < -0.3 is 10.2 Å². The van der Waals surface area contributed by atoms with Crippen LogP contribution in [-0.2, 0) is 4.43 Å². The molecule has 0 saturated carbocycles. The van der Waals surface area contributed by atoms with Crippen LogP contribution in [0.15, 0.2) is 12.3 Å². The fourth-order valence-electron chi connectivity index (χ4n) is 2.26. The van der Waals surface area contributed by atoms with Crippen LogP contribution in [0.2, 0.25) is 18.1 Å². The highest BCUT2D eigenvalue weighted by Gasteiger charge is 2.37. The van der Waals surface area contributed by atoms with Gasteiger partial charge >= 0.3 is 0 Å². The highest BCUT2D eigenvalue weighted by atomic mass is 28.4. The molecule has 22 heavy (non-hydrogen) atoms. The summed E-state index contributed by atoms with van der Waals surface area (Å²) in [5.74, 6) is 0.751. The van der Waals surface area contributed by atoms with Gasteiger partial charge in [-0.2, -0.15) is 0 Å². The molecule has 1 rings (SSSR count). The van der Waals surface area contributed by atoms with E-state index in [1.807, 2.05) is 6.20 Å². The van der Waals surface area contributed by atoms with E-state index in [1.54, 1.807) is 0 Å². The molecular formula is C18H34N2OSi. The van der Waals surface area contributed by atoms with Crippen molar-refractivity contribution in [2.75, 3.05) is 12.3 Å². The summed E-state index contributed by atoms with van der Waals surface area (Å²) in [6.45, 7) is 18.7. The Kier molecular flexibility index (Phi) is 6.22. The Hall–Kier alpha value is -0.873. The summed E-state index contributed by atoms with van der Waals surface area (Å²) in [5, 5.41) is 0.261. The lowest BCUT2D eigenvalue weighted by molar-refractivity contribution is 0.274. The van der Waals surface area contributed by atoms with E-state index >= 15 is 0 Å². The van der Waals surface area contributed by atoms with Crippen molar-refractivity contribution < 1.29 is 4.43 Å². The number of nitrogens with two attached hydrogens (primary N) is 1. The van der Waals surface area contributed by atoms with Crippen molar-refractivity contribution in [1.29, 1.82) is 0 Å². The molecule has 4 heteroatoms. The number of hydrogen-bond acceptors (Lipinski definition) is 3. The molecule has 0 amide bonds. The summed E-state index contributed by atoms with van der Waals surface area (Å²) in [4.78, 5) is 4.42. The van der Waals surface area contributed by atoms with Gasteiger partial charge in [-0.05, 0) is 48.0 Å². The predicted octanol–water partition coefficient (Wildman–Crippen LogP) is 5.30. The van der Waals surface area contributed by atoms with Crippen molar-refractivity contribution in [3.8, 4) is 0 Å². The lowest BCUT2D eigenvalue weighted by atomic mass is 9.94. The highest BCUT2D eigenvalue weighted by molar-refractivity contribution is 6.74. The third-order valence-electron chi connectivity index (χ3n) is 4.95. The topological polar surface area (TPSA) is 48.1 Å². The minimum atomic E-state index is -1.66. The second kappa shape index (κ2) is 7.13. The molecule has 3 nitrogen and oxygen atoms in total. The maximum atomic E-state index is 6.32. The zero-order valence-corrected chi connectivity index (χ0v) is 16.7. The summed E-state index contributed by atoms with van der Waals surface area (Å²) in [7, 11) is -1.66. The molecule has 2 N–H and O–H groups in total. The van der Waals surface area contributed by atoms with E-state index < -0.39 is 8.32 Å². The Morgan fingerprint density at radius 1 is 1.23 bits per heavy atom. The zero-order chi connectivity index (χ0) is 17.1. The molecule has 0 saturated heterocycles. The van der Waals surface area contributed by atoms with Gasteiger partial charge in [-0.25, -0.2) is 0 Å². The standard InChI is InChI=1S/C18H34N2OSi/c1-13(2)17-16(19)15(9-11-20-17)14(3)10-12-21-22(7,8)18(4,5)6/h9,11,13-14H,10,12,19H2,1-8H3. The highest BCUT2D eigenvalue weighted by Crippen LogP contribution is 2.37. The first kappa shape index (κ1) is 19.2. The Bertz CT molecular complexity index is 492. The largest absolute Gasteiger partial charge is 0.417 e. The Balaban J connectivity index is 2.71. The number of anilines is 1. The molecule has 0 aliphatic rings. The van der Waals surface area contributed by atoms with Gasteiger partial charge in [-0.1, -0.05) is 41.5 Å². The van der Waals surface area contributed by atoms with Gasteiger partial charge in [0.2, 0.25) is 0 Å². The van der Waals surface area contributed by atoms with Crippen LogP contribution in [0.5, 0.6) is 0 Å². The van der Waals surface area contributed by atoms with Crippen LogP contribution in [0.3, 0.4) is 0 Å². The SMILES string of the molecule is CC(C)c1nccc(C(C)CCO[Si](C)(C)C(C)(C)C)c1N. The Labute approximate surface area is 137 Å². The molecule has 0 aliphatic heterocycles. The molecule has 0 radical (unpaired) electrons. The first-order chi connectivity index (χ1) is 9.97. The van der Waals surface area contributed by atoms with Crippen LogP contribution in [0.25, 0.3) is 0 Å². The summed E-state index contributed by atoms with van der Waals surface area (Å²) < 4.78 is 6.29. The molecule has 1 atom stereocenters. The van der Waals surface area contributed by atoms with Crippen molar-refractivity contribution in [2.24, 2.45) is 0 Å². The van der Waals surface area contributed by atoms with E-state index in [0.717, 1.165) is 24.4 Å². The fraction of sp³-hybridized carbons (Fsp3) is 0.722. The van der Waals surface area contributed by atoms with Gasteiger partial charge in [0.1, 0.15) is 0 Å². The summed E-state index contributed by atoms with van der Waals surface area (Å²) in [6.07, 6.45) is 2.88. The molecule has 1 aromatic heterocycles. The van der Waals surface area contributed by atoms with E-state index in [1.165, 1.54) is 5.56 Å². The maximum absolute atomic E-state index is 6.32. The van der Waals surface area contributed by atoms with Gasteiger partial charge in [0.25, 0.3) is 0 Å². The number of aromatic nitrogens is 1. The second-order valence-corrected chi connectivity index (χ2v) is 13.0. The van der Waals surface area contributed by atoms with Gasteiger partial charge in [0, 0.05) is 12.8 Å². The second-order valence-electron chi connectivity index (χ2n) is 8.15. The van der Waals surface area contributed by atoms with Crippen LogP contribution in [0, 0.1) is 0 Å². The minimum absolute atomic E-state index is 0.261. The van der Waals surface area contributed by atoms with Crippen molar-refractivity contribution in [1.82, 2.24) is 4.98 Å². The van der Waals surface area contributed by atoms with Gasteiger partial charge in [-0.3, -0.25) is 4.98 Å². The van der Waals surface area contributed by atoms with Crippen LogP contribution < -0.4 is 5.73 Å². The van der Waals surface area contributed by atoms with Gasteiger partial charge in [-0.15, -0.1) is 0 Å². The number of hydrogen-bond donors (Lipinski definition) is 1. The van der Waals surface area contributed by atoms with E-state index in [4.69, 9.17) is 10.2 Å². The summed E-state index contributed by atoms with van der Waals surface area (Å²) in [5.41, 5.74) is 9.39. The quantitative estimate of drug-likeness (QED) is 0.723. The third-order valence-corrected chi connectivity index (χ3v) is 9.49. The lowest BCUT2D eigenvalue weighted by Crippen LogP contribution is -2.41. The monoisotopic (exact) mass is 322 g/mol. The molecule has 1 heterocycles. The van der Waals surface area contributed by atoms with Crippen LogP contribution in [0.4, 0.5) is 5.69 Å². The predicted molar refractivity (Wildman–Crippen MR) is 98.9 cm³/mol.